The van der Waals surface area contributed by atoms with Crippen LogP contribution in [0.3, 0.4) is 0 Å². The maximum atomic E-state index is 12.7. The number of urea groups is 1. The number of nitrogens with zero attached hydrogens (tertiary/aromatic N) is 7. The van der Waals surface area contributed by atoms with Crippen molar-refractivity contribution in [2.24, 2.45) is 0 Å². The molecule has 1 atom stereocenters. The van der Waals surface area contributed by atoms with Crippen molar-refractivity contribution in [2.45, 2.75) is 51.1 Å². The molecular weight excluding hydrogens is 388 g/mol. The number of nitrogens with one attached hydrogen (secondary N) is 1. The molecule has 4 heterocycles. The summed E-state index contributed by atoms with van der Waals surface area (Å²) in [5.74, 6) is 0.115. The van der Waals surface area contributed by atoms with Gasteiger partial charge in [-0.1, -0.05) is 5.21 Å². The lowest BCUT2D eigenvalue weighted by Gasteiger charge is -2.44. The molecule has 1 saturated heterocycles. The Morgan fingerprint density at radius 2 is 2.20 bits per heavy atom. The summed E-state index contributed by atoms with van der Waals surface area (Å²) < 4.78 is 9.91. The van der Waals surface area contributed by atoms with Gasteiger partial charge in [0.1, 0.15) is 11.3 Å². The Kier molecular flexibility index (Phi) is 5.71. The van der Waals surface area contributed by atoms with Crippen molar-refractivity contribution >= 4 is 11.9 Å². The minimum atomic E-state index is -0.440. The molecule has 0 aromatic carbocycles. The van der Waals surface area contributed by atoms with Crippen molar-refractivity contribution in [2.75, 3.05) is 27.2 Å². The molecule has 1 N–H and O–H groups in total. The lowest BCUT2D eigenvalue weighted by molar-refractivity contribution is -0.153. The van der Waals surface area contributed by atoms with E-state index in [9.17, 15) is 9.59 Å². The highest BCUT2D eigenvalue weighted by molar-refractivity contribution is 5.76. The molecule has 2 aliphatic rings. The monoisotopic (exact) mass is 416 g/mol. The number of carbonyl (C=O) groups is 2. The van der Waals surface area contributed by atoms with Crippen LogP contribution in [-0.4, -0.2) is 79.3 Å². The topological polar surface area (TPSA) is 110 Å². The summed E-state index contributed by atoms with van der Waals surface area (Å²) in [6.45, 7) is 3.10. The number of rotatable bonds is 5. The summed E-state index contributed by atoms with van der Waals surface area (Å²) in [5.41, 5.74) is 1.15. The average Bonchev–Trinajstić information content (AvgIpc) is 3.39. The molecule has 30 heavy (non-hydrogen) atoms. The van der Waals surface area contributed by atoms with Crippen molar-refractivity contribution in [1.29, 1.82) is 0 Å². The first-order chi connectivity index (χ1) is 14.5. The third kappa shape index (κ3) is 4.30. The van der Waals surface area contributed by atoms with Crippen LogP contribution in [0.2, 0.25) is 0 Å². The van der Waals surface area contributed by atoms with Crippen LogP contribution in [0.15, 0.2) is 18.5 Å². The van der Waals surface area contributed by atoms with E-state index in [1.165, 1.54) is 4.90 Å². The molecule has 0 saturated carbocycles. The zero-order valence-electron chi connectivity index (χ0n) is 17.5. The minimum Gasteiger partial charge on any atom is -0.365 e. The van der Waals surface area contributed by atoms with Crippen LogP contribution < -0.4 is 5.32 Å². The fourth-order valence-electron chi connectivity index (χ4n) is 4.01. The van der Waals surface area contributed by atoms with Crippen molar-refractivity contribution in [3.05, 3.63) is 29.8 Å². The standard InChI is InChI=1S/C19H28N8O3/c1-24(2)18(29)20-11-15-16-12-30-19(14-27(16)23-22-15)6-3-8-25(13-19)17(28)5-10-26-9-4-7-21-26/h4,7,9H,3,5-6,8,10-14H2,1-2H3,(H,20,29). The highest BCUT2D eigenvalue weighted by Gasteiger charge is 2.42. The van der Waals surface area contributed by atoms with Crippen LogP contribution in [-0.2, 0) is 35.8 Å². The molecule has 2 aromatic rings. The number of piperidine rings is 1. The van der Waals surface area contributed by atoms with Gasteiger partial charge in [0.2, 0.25) is 5.91 Å². The van der Waals surface area contributed by atoms with Gasteiger partial charge in [0.05, 0.1) is 31.9 Å². The van der Waals surface area contributed by atoms with Gasteiger partial charge in [-0.3, -0.25) is 9.48 Å². The molecule has 1 fully saturated rings. The number of amides is 3. The van der Waals surface area contributed by atoms with Crippen LogP contribution in [0, 0.1) is 0 Å². The summed E-state index contributed by atoms with van der Waals surface area (Å²) in [7, 11) is 3.38. The SMILES string of the molecule is CN(C)C(=O)NCc1nnn2c1COC1(CCCN(C(=O)CCn3cccn3)C1)C2. The number of hydrogen-bond donors (Lipinski definition) is 1. The Bertz CT molecular complexity index is 894. The maximum Gasteiger partial charge on any atom is 0.317 e. The summed E-state index contributed by atoms with van der Waals surface area (Å²) in [6, 6.07) is 1.67. The molecule has 4 rings (SSSR count). The predicted octanol–water partition coefficient (Wildman–Crippen LogP) is 0.228. The highest BCUT2D eigenvalue weighted by atomic mass is 16.5. The zero-order valence-corrected chi connectivity index (χ0v) is 17.5. The second-order valence-corrected chi connectivity index (χ2v) is 8.10. The normalized spacial score (nSPS) is 20.8. The number of aromatic nitrogens is 5. The number of fused-ring (bicyclic) bond motifs is 1. The molecule has 162 valence electrons. The molecular formula is C19H28N8O3. The lowest BCUT2D eigenvalue weighted by Crippen LogP contribution is -2.55. The first kappa shape index (κ1) is 20.3. The van der Waals surface area contributed by atoms with Gasteiger partial charge in [-0.25, -0.2) is 9.48 Å². The highest BCUT2D eigenvalue weighted by Crippen LogP contribution is 2.32. The van der Waals surface area contributed by atoms with Crippen LogP contribution in [0.4, 0.5) is 4.79 Å². The van der Waals surface area contributed by atoms with E-state index in [0.717, 1.165) is 25.1 Å². The lowest BCUT2D eigenvalue weighted by atomic mass is 9.91. The van der Waals surface area contributed by atoms with Crippen LogP contribution in [0.1, 0.15) is 30.7 Å². The van der Waals surface area contributed by atoms with Crippen molar-refractivity contribution < 1.29 is 14.3 Å². The van der Waals surface area contributed by atoms with Gasteiger partial charge in [0.25, 0.3) is 0 Å². The number of hydrogen-bond acceptors (Lipinski definition) is 6. The maximum absolute atomic E-state index is 12.7. The largest absolute Gasteiger partial charge is 0.365 e. The van der Waals surface area contributed by atoms with E-state index in [2.05, 4.69) is 20.7 Å². The van der Waals surface area contributed by atoms with E-state index in [4.69, 9.17) is 4.74 Å². The van der Waals surface area contributed by atoms with Gasteiger partial charge < -0.3 is 19.9 Å². The predicted molar refractivity (Wildman–Crippen MR) is 106 cm³/mol. The van der Waals surface area contributed by atoms with E-state index in [1.807, 2.05) is 21.8 Å². The van der Waals surface area contributed by atoms with Gasteiger partial charge in [-0.2, -0.15) is 5.10 Å². The molecule has 1 unspecified atom stereocenters. The Balaban J connectivity index is 1.37. The molecule has 11 nitrogen and oxygen atoms in total. The summed E-state index contributed by atoms with van der Waals surface area (Å²) in [6.07, 6.45) is 5.76. The second-order valence-electron chi connectivity index (χ2n) is 8.10. The van der Waals surface area contributed by atoms with Gasteiger partial charge in [0.15, 0.2) is 0 Å². The number of carbonyl (C=O) groups excluding carboxylic acids is 2. The number of ether oxygens (including phenoxy) is 1. The molecule has 2 aliphatic heterocycles. The fourth-order valence-corrected chi connectivity index (χ4v) is 4.01. The Morgan fingerprint density at radius 1 is 1.33 bits per heavy atom. The molecule has 3 amide bonds. The molecule has 0 bridgehead atoms. The van der Waals surface area contributed by atoms with Gasteiger partial charge in [-0.15, -0.1) is 5.10 Å². The zero-order chi connectivity index (χ0) is 21.1. The molecule has 0 radical (unpaired) electrons. The first-order valence-corrected chi connectivity index (χ1v) is 10.2. The second kappa shape index (κ2) is 8.42. The summed E-state index contributed by atoms with van der Waals surface area (Å²) in [5, 5.41) is 15.5. The van der Waals surface area contributed by atoms with E-state index < -0.39 is 5.60 Å². The fraction of sp³-hybridized carbons (Fsp3) is 0.632. The number of aryl methyl sites for hydroxylation is 1. The Morgan fingerprint density at radius 3 is 2.97 bits per heavy atom. The smallest absolute Gasteiger partial charge is 0.317 e. The van der Waals surface area contributed by atoms with Crippen molar-refractivity contribution in [3.63, 3.8) is 0 Å². The van der Waals surface area contributed by atoms with E-state index in [-0.39, 0.29) is 11.9 Å². The van der Waals surface area contributed by atoms with E-state index in [0.29, 0.717) is 44.9 Å². The summed E-state index contributed by atoms with van der Waals surface area (Å²) in [4.78, 5) is 27.9. The van der Waals surface area contributed by atoms with Gasteiger partial charge in [0, 0.05) is 46.0 Å². The van der Waals surface area contributed by atoms with E-state index in [1.54, 1.807) is 25.0 Å². The third-order valence-corrected chi connectivity index (χ3v) is 5.69. The average molecular weight is 416 g/mol. The van der Waals surface area contributed by atoms with Crippen molar-refractivity contribution in [3.8, 4) is 0 Å². The van der Waals surface area contributed by atoms with Gasteiger partial charge >= 0.3 is 6.03 Å². The Labute approximate surface area is 174 Å². The quantitative estimate of drug-likeness (QED) is 0.747. The molecule has 2 aromatic heterocycles. The van der Waals surface area contributed by atoms with Crippen molar-refractivity contribution in [1.82, 2.24) is 39.9 Å². The molecule has 1 spiro atoms. The van der Waals surface area contributed by atoms with Gasteiger partial charge in [-0.05, 0) is 18.9 Å². The molecule has 11 heteroatoms. The first-order valence-electron chi connectivity index (χ1n) is 10.2. The van der Waals surface area contributed by atoms with Crippen LogP contribution in [0.25, 0.3) is 0 Å². The van der Waals surface area contributed by atoms with Crippen LogP contribution >= 0.6 is 0 Å². The molecule has 0 aliphatic carbocycles. The van der Waals surface area contributed by atoms with Crippen LogP contribution in [0.5, 0.6) is 0 Å². The minimum absolute atomic E-state index is 0.115. The number of likely N-dealkylation sites (tertiary alicyclic amines) is 1. The van der Waals surface area contributed by atoms with E-state index >= 15 is 0 Å². The summed E-state index contributed by atoms with van der Waals surface area (Å²) >= 11 is 0. The Hall–Kier alpha value is -2.95. The third-order valence-electron chi connectivity index (χ3n) is 5.69.